The zero-order valence-electron chi connectivity index (χ0n) is 10.7. The minimum absolute atomic E-state index is 0.315. The van der Waals surface area contributed by atoms with Crippen LogP contribution in [-0.2, 0) is 0 Å². The van der Waals surface area contributed by atoms with Crippen LogP contribution in [0.2, 0.25) is 5.02 Å². The van der Waals surface area contributed by atoms with Crippen molar-refractivity contribution < 1.29 is 0 Å². The molecule has 1 aromatic heterocycles. The fourth-order valence-corrected chi connectivity index (χ4v) is 1.76. The maximum Gasteiger partial charge on any atom is 0.239 e. The summed E-state index contributed by atoms with van der Waals surface area (Å²) in [4.78, 5) is 10.4. The van der Waals surface area contributed by atoms with Crippen LogP contribution in [-0.4, -0.2) is 22.6 Å². The summed E-state index contributed by atoms with van der Waals surface area (Å²) in [5, 5.41) is 0.540. The van der Waals surface area contributed by atoms with E-state index in [0.29, 0.717) is 22.9 Å². The predicted octanol–water partition coefficient (Wildman–Crippen LogP) is 2.29. The topological polar surface area (TPSA) is 67.1 Å². The minimum Gasteiger partial charge on any atom is -0.353 e. The van der Waals surface area contributed by atoms with Gasteiger partial charge in [-0.1, -0.05) is 25.4 Å². The molecule has 0 bridgehead atoms. The molecule has 0 amide bonds. The summed E-state index contributed by atoms with van der Waals surface area (Å²) in [6, 6.07) is 0.315. The molecule has 96 valence electrons. The minimum atomic E-state index is 0.315. The van der Waals surface area contributed by atoms with Gasteiger partial charge in [0.2, 0.25) is 5.95 Å². The van der Waals surface area contributed by atoms with Crippen molar-refractivity contribution in [2.45, 2.75) is 33.7 Å². The molecule has 0 radical (unpaired) electrons. The average molecular weight is 258 g/mol. The van der Waals surface area contributed by atoms with Gasteiger partial charge in [-0.3, -0.25) is 5.43 Å². The number of nitrogens with two attached hydrogens (primary N) is 1. The first-order chi connectivity index (χ1) is 7.95. The third-order valence-electron chi connectivity index (χ3n) is 2.31. The molecule has 6 heteroatoms. The van der Waals surface area contributed by atoms with Crippen LogP contribution >= 0.6 is 11.6 Å². The van der Waals surface area contributed by atoms with Gasteiger partial charge in [0.25, 0.3) is 0 Å². The molecule has 1 aromatic rings. The molecule has 0 aromatic carbocycles. The number of rotatable bonds is 5. The van der Waals surface area contributed by atoms with Gasteiger partial charge in [-0.2, -0.15) is 4.98 Å². The molecule has 0 saturated heterocycles. The highest BCUT2D eigenvalue weighted by Crippen LogP contribution is 2.26. The van der Waals surface area contributed by atoms with Crippen molar-refractivity contribution >= 4 is 23.4 Å². The summed E-state index contributed by atoms with van der Waals surface area (Å²) in [5.41, 5.74) is 2.43. The van der Waals surface area contributed by atoms with Crippen molar-refractivity contribution in [3.05, 3.63) is 11.2 Å². The smallest absolute Gasteiger partial charge is 0.239 e. The molecule has 5 nitrogen and oxygen atoms in total. The fourth-order valence-electron chi connectivity index (χ4n) is 1.56. The number of nitrogens with one attached hydrogen (secondary N) is 1. The monoisotopic (exact) mass is 257 g/mol. The highest BCUT2D eigenvalue weighted by Gasteiger charge is 2.17. The summed E-state index contributed by atoms with van der Waals surface area (Å²) in [7, 11) is 0. The van der Waals surface area contributed by atoms with E-state index >= 15 is 0 Å². The van der Waals surface area contributed by atoms with E-state index < -0.39 is 0 Å². The molecule has 0 spiro atoms. The second kappa shape index (κ2) is 6.02. The van der Waals surface area contributed by atoms with Crippen molar-refractivity contribution in [1.82, 2.24) is 9.97 Å². The number of nitrogen functional groups attached to an aromatic ring is 1. The molecule has 0 aliphatic carbocycles. The Hall–Kier alpha value is -1.07. The third kappa shape index (κ3) is 3.71. The first kappa shape index (κ1) is 14.0. The predicted molar refractivity (Wildman–Crippen MR) is 72.2 cm³/mol. The molecule has 1 rings (SSSR count). The summed E-state index contributed by atoms with van der Waals surface area (Å²) >= 11 is 6.14. The van der Waals surface area contributed by atoms with Crippen molar-refractivity contribution in [2.24, 2.45) is 11.8 Å². The van der Waals surface area contributed by atoms with Gasteiger partial charge in [0, 0.05) is 12.6 Å². The highest BCUT2D eigenvalue weighted by atomic mass is 35.5. The number of hydrogen-bond acceptors (Lipinski definition) is 5. The lowest BCUT2D eigenvalue weighted by Crippen LogP contribution is -2.35. The Balaban J connectivity index is 3.08. The number of halogens is 1. The number of anilines is 2. The van der Waals surface area contributed by atoms with Crippen LogP contribution in [0.1, 0.15) is 27.7 Å². The summed E-state index contributed by atoms with van der Waals surface area (Å²) in [6.45, 7) is 9.42. The Kier molecular flexibility index (Phi) is 4.96. The molecule has 1 heterocycles. The van der Waals surface area contributed by atoms with Crippen LogP contribution in [0.25, 0.3) is 0 Å². The summed E-state index contributed by atoms with van der Waals surface area (Å²) in [5.74, 6) is 6.93. The van der Waals surface area contributed by atoms with Gasteiger partial charge in [0.05, 0.1) is 6.20 Å². The van der Waals surface area contributed by atoms with Gasteiger partial charge in [0.15, 0.2) is 5.82 Å². The van der Waals surface area contributed by atoms with Gasteiger partial charge < -0.3 is 4.90 Å². The van der Waals surface area contributed by atoms with Gasteiger partial charge in [-0.05, 0) is 19.8 Å². The Morgan fingerprint density at radius 2 is 2.06 bits per heavy atom. The Labute approximate surface area is 107 Å². The standard InChI is InChI=1S/C11H20ClN5/c1-7(2)6-17(8(3)4)10-9(12)5-14-11(15-10)16-13/h5,7-8H,6,13H2,1-4H3,(H,14,15,16). The SMILES string of the molecule is CC(C)CN(c1nc(NN)ncc1Cl)C(C)C. The molecule has 3 N–H and O–H groups in total. The van der Waals surface area contributed by atoms with Crippen molar-refractivity contribution in [3.8, 4) is 0 Å². The lowest BCUT2D eigenvalue weighted by atomic mass is 10.2. The first-order valence-corrected chi connectivity index (χ1v) is 6.09. The number of hydrazine groups is 1. The first-order valence-electron chi connectivity index (χ1n) is 5.71. The normalized spacial score (nSPS) is 11.1. The summed E-state index contributed by atoms with van der Waals surface area (Å²) in [6.07, 6.45) is 1.56. The largest absolute Gasteiger partial charge is 0.353 e. The third-order valence-corrected chi connectivity index (χ3v) is 2.58. The van der Waals surface area contributed by atoms with E-state index in [1.165, 1.54) is 0 Å². The van der Waals surface area contributed by atoms with E-state index in [4.69, 9.17) is 17.4 Å². The molecule has 17 heavy (non-hydrogen) atoms. The average Bonchev–Trinajstić information content (AvgIpc) is 2.26. The molecule has 0 fully saturated rings. The van der Waals surface area contributed by atoms with Gasteiger partial charge >= 0.3 is 0 Å². The van der Waals surface area contributed by atoms with Gasteiger partial charge in [-0.15, -0.1) is 0 Å². The van der Waals surface area contributed by atoms with E-state index in [1.54, 1.807) is 6.20 Å². The second-order valence-corrected chi connectivity index (χ2v) is 5.06. The van der Waals surface area contributed by atoms with Crippen LogP contribution in [0.15, 0.2) is 6.20 Å². The lowest BCUT2D eigenvalue weighted by molar-refractivity contribution is 0.566. The highest BCUT2D eigenvalue weighted by molar-refractivity contribution is 6.32. The van der Waals surface area contributed by atoms with Gasteiger partial charge in [-0.25, -0.2) is 10.8 Å². The fraction of sp³-hybridized carbons (Fsp3) is 0.636. The van der Waals surface area contributed by atoms with Gasteiger partial charge in [0.1, 0.15) is 5.02 Å². The van der Waals surface area contributed by atoms with Crippen LogP contribution in [0.5, 0.6) is 0 Å². The van der Waals surface area contributed by atoms with E-state index in [9.17, 15) is 0 Å². The van der Waals surface area contributed by atoms with E-state index in [0.717, 1.165) is 12.4 Å². The maximum absolute atomic E-state index is 6.14. The van der Waals surface area contributed by atoms with Crippen molar-refractivity contribution in [2.75, 3.05) is 16.9 Å². The molecular formula is C11H20ClN5. The molecular weight excluding hydrogens is 238 g/mol. The lowest BCUT2D eigenvalue weighted by Gasteiger charge is -2.30. The van der Waals surface area contributed by atoms with E-state index in [2.05, 4.69) is 48.0 Å². The van der Waals surface area contributed by atoms with Crippen molar-refractivity contribution in [3.63, 3.8) is 0 Å². The van der Waals surface area contributed by atoms with Crippen LogP contribution < -0.4 is 16.2 Å². The Morgan fingerprint density at radius 3 is 2.53 bits per heavy atom. The molecule has 0 unspecified atom stereocenters. The van der Waals surface area contributed by atoms with Crippen LogP contribution in [0.4, 0.5) is 11.8 Å². The van der Waals surface area contributed by atoms with Crippen LogP contribution in [0, 0.1) is 5.92 Å². The zero-order chi connectivity index (χ0) is 13.0. The number of nitrogens with zero attached hydrogens (tertiary/aromatic N) is 3. The molecule has 0 saturated carbocycles. The number of aromatic nitrogens is 2. The second-order valence-electron chi connectivity index (χ2n) is 4.65. The molecule has 0 aliphatic rings. The summed E-state index contributed by atoms with van der Waals surface area (Å²) < 4.78 is 0. The van der Waals surface area contributed by atoms with E-state index in [-0.39, 0.29) is 0 Å². The van der Waals surface area contributed by atoms with Crippen LogP contribution in [0.3, 0.4) is 0 Å². The number of hydrogen-bond donors (Lipinski definition) is 2. The molecule has 0 aliphatic heterocycles. The van der Waals surface area contributed by atoms with Crippen molar-refractivity contribution in [1.29, 1.82) is 0 Å². The Bertz CT molecular complexity index is 367. The Morgan fingerprint density at radius 1 is 1.41 bits per heavy atom. The molecule has 0 atom stereocenters. The van der Waals surface area contributed by atoms with E-state index in [1.807, 2.05) is 0 Å². The zero-order valence-corrected chi connectivity index (χ0v) is 11.5. The quantitative estimate of drug-likeness (QED) is 0.626. The maximum atomic E-state index is 6.14.